The van der Waals surface area contributed by atoms with E-state index >= 15 is 0 Å². The minimum Gasteiger partial charge on any atom is -0.486 e. The summed E-state index contributed by atoms with van der Waals surface area (Å²) in [6.45, 7) is 4.92. The van der Waals surface area contributed by atoms with Gasteiger partial charge in [-0.25, -0.2) is 0 Å². The van der Waals surface area contributed by atoms with Crippen LogP contribution in [0.2, 0.25) is 5.02 Å². The number of carbonyl (C=O) groups excluding carboxylic acids is 1. The predicted molar refractivity (Wildman–Crippen MR) is 97.6 cm³/mol. The van der Waals surface area contributed by atoms with E-state index in [0.29, 0.717) is 18.2 Å². The first-order valence-electron chi connectivity index (χ1n) is 7.66. The van der Waals surface area contributed by atoms with E-state index in [1.807, 2.05) is 38.1 Å². The van der Waals surface area contributed by atoms with Gasteiger partial charge >= 0.3 is 0 Å². The van der Waals surface area contributed by atoms with Crippen molar-refractivity contribution in [2.75, 3.05) is 18.5 Å². The van der Waals surface area contributed by atoms with Crippen LogP contribution < -0.4 is 14.8 Å². The Morgan fingerprint density at radius 1 is 1.17 bits per heavy atom. The average Bonchev–Trinajstić information content (AvgIpc) is 2.58. The maximum absolute atomic E-state index is 12.4. The number of anilines is 1. The third-order valence-corrected chi connectivity index (χ3v) is 4.98. The Morgan fingerprint density at radius 2 is 1.92 bits per heavy atom. The van der Waals surface area contributed by atoms with Crippen molar-refractivity contribution in [2.24, 2.45) is 0 Å². The lowest BCUT2D eigenvalue weighted by Gasteiger charge is -2.19. The van der Waals surface area contributed by atoms with Gasteiger partial charge in [-0.3, -0.25) is 4.79 Å². The molecule has 1 aliphatic rings. The molecular weight excluding hydrogens is 346 g/mol. The lowest BCUT2D eigenvalue weighted by molar-refractivity contribution is -0.115. The summed E-state index contributed by atoms with van der Waals surface area (Å²) in [5, 5.41) is 3.27. The fourth-order valence-electron chi connectivity index (χ4n) is 2.32. The molecular formula is C18H18ClNO3S. The zero-order valence-electron chi connectivity index (χ0n) is 13.5. The number of thioether (sulfide) groups is 1. The number of hydrogen-bond donors (Lipinski definition) is 1. The molecule has 1 atom stereocenters. The average molecular weight is 364 g/mol. The SMILES string of the molecule is Cc1ccc(Cl)cc1NC(=O)C(C)Sc1ccc2c(c1)OCCO2. The molecule has 6 heteroatoms. The molecule has 3 rings (SSSR count). The van der Waals surface area contributed by atoms with Crippen molar-refractivity contribution in [3.63, 3.8) is 0 Å². The van der Waals surface area contributed by atoms with Gasteiger partial charge < -0.3 is 14.8 Å². The van der Waals surface area contributed by atoms with Crippen molar-refractivity contribution in [2.45, 2.75) is 24.0 Å². The zero-order chi connectivity index (χ0) is 17.1. The van der Waals surface area contributed by atoms with Gasteiger partial charge in [-0.1, -0.05) is 17.7 Å². The Labute approximate surface area is 150 Å². The summed E-state index contributed by atoms with van der Waals surface area (Å²) in [7, 11) is 0. The van der Waals surface area contributed by atoms with E-state index in [-0.39, 0.29) is 11.2 Å². The van der Waals surface area contributed by atoms with E-state index in [9.17, 15) is 4.79 Å². The van der Waals surface area contributed by atoms with Gasteiger partial charge in [-0.05, 0) is 49.7 Å². The third-order valence-electron chi connectivity index (χ3n) is 3.65. The standard InChI is InChI=1S/C18H18ClNO3S/c1-11-3-4-13(19)9-15(11)20-18(21)12(2)24-14-5-6-16-17(10-14)23-8-7-22-16/h3-6,9-10,12H,7-8H2,1-2H3,(H,20,21). The molecule has 2 aromatic carbocycles. The van der Waals surface area contributed by atoms with Crippen LogP contribution in [0.3, 0.4) is 0 Å². The van der Waals surface area contributed by atoms with Gasteiger partial charge in [0, 0.05) is 15.6 Å². The van der Waals surface area contributed by atoms with Gasteiger partial charge in [0.25, 0.3) is 0 Å². The second-order valence-electron chi connectivity index (χ2n) is 5.51. The van der Waals surface area contributed by atoms with Crippen LogP contribution in [-0.4, -0.2) is 24.4 Å². The van der Waals surface area contributed by atoms with E-state index in [2.05, 4.69) is 5.32 Å². The molecule has 0 radical (unpaired) electrons. The molecule has 0 saturated carbocycles. The van der Waals surface area contributed by atoms with Crippen LogP contribution in [0.5, 0.6) is 11.5 Å². The van der Waals surface area contributed by atoms with Crippen LogP contribution in [-0.2, 0) is 4.79 Å². The van der Waals surface area contributed by atoms with Crippen LogP contribution in [0.1, 0.15) is 12.5 Å². The molecule has 1 unspecified atom stereocenters. The summed E-state index contributed by atoms with van der Waals surface area (Å²) in [5.41, 5.74) is 1.71. The molecule has 1 amide bonds. The van der Waals surface area contributed by atoms with Crippen LogP contribution in [0.4, 0.5) is 5.69 Å². The number of carbonyl (C=O) groups is 1. The van der Waals surface area contributed by atoms with Crippen LogP contribution in [0.25, 0.3) is 0 Å². The molecule has 24 heavy (non-hydrogen) atoms. The number of amides is 1. The number of benzene rings is 2. The first-order chi connectivity index (χ1) is 11.5. The number of hydrogen-bond acceptors (Lipinski definition) is 4. The summed E-state index contributed by atoms with van der Waals surface area (Å²) >= 11 is 7.47. The summed E-state index contributed by atoms with van der Waals surface area (Å²) in [6.07, 6.45) is 0. The van der Waals surface area contributed by atoms with Gasteiger partial charge in [-0.15, -0.1) is 11.8 Å². The molecule has 0 spiro atoms. The van der Waals surface area contributed by atoms with Crippen molar-refractivity contribution in [1.82, 2.24) is 0 Å². The third kappa shape index (κ3) is 3.97. The number of halogens is 1. The smallest absolute Gasteiger partial charge is 0.237 e. The number of nitrogens with one attached hydrogen (secondary N) is 1. The first kappa shape index (κ1) is 17.0. The zero-order valence-corrected chi connectivity index (χ0v) is 15.0. The summed E-state index contributed by atoms with van der Waals surface area (Å²) in [4.78, 5) is 13.4. The largest absolute Gasteiger partial charge is 0.486 e. The molecule has 126 valence electrons. The molecule has 0 aromatic heterocycles. The van der Waals surface area contributed by atoms with Crippen molar-refractivity contribution >= 4 is 35.0 Å². The Morgan fingerprint density at radius 3 is 2.71 bits per heavy atom. The molecule has 1 N–H and O–H groups in total. The topological polar surface area (TPSA) is 47.6 Å². The fraction of sp³-hybridized carbons (Fsp3) is 0.278. The van der Waals surface area contributed by atoms with E-state index in [4.69, 9.17) is 21.1 Å². The molecule has 4 nitrogen and oxygen atoms in total. The highest BCUT2D eigenvalue weighted by atomic mass is 35.5. The van der Waals surface area contributed by atoms with E-state index in [0.717, 1.165) is 27.6 Å². The van der Waals surface area contributed by atoms with Gasteiger partial charge in [-0.2, -0.15) is 0 Å². The van der Waals surface area contributed by atoms with E-state index < -0.39 is 0 Å². The number of rotatable bonds is 4. The monoisotopic (exact) mass is 363 g/mol. The minimum atomic E-state index is -0.258. The van der Waals surface area contributed by atoms with Gasteiger partial charge in [0.15, 0.2) is 11.5 Å². The van der Waals surface area contributed by atoms with Crippen LogP contribution in [0, 0.1) is 6.92 Å². The molecule has 0 saturated heterocycles. The number of fused-ring (bicyclic) bond motifs is 1. The minimum absolute atomic E-state index is 0.0692. The molecule has 0 bridgehead atoms. The van der Waals surface area contributed by atoms with E-state index in [1.54, 1.807) is 12.1 Å². The second kappa shape index (κ2) is 7.36. The van der Waals surface area contributed by atoms with Gasteiger partial charge in [0.05, 0.1) is 5.25 Å². The predicted octanol–water partition coefficient (Wildman–Crippen LogP) is 4.54. The lowest BCUT2D eigenvalue weighted by Crippen LogP contribution is -2.22. The summed E-state index contributed by atoms with van der Waals surface area (Å²) < 4.78 is 11.1. The van der Waals surface area contributed by atoms with Crippen LogP contribution >= 0.6 is 23.4 Å². The van der Waals surface area contributed by atoms with Crippen molar-refractivity contribution < 1.29 is 14.3 Å². The molecule has 1 heterocycles. The quantitative estimate of drug-likeness (QED) is 0.810. The highest BCUT2D eigenvalue weighted by Gasteiger charge is 2.18. The van der Waals surface area contributed by atoms with Crippen LogP contribution in [0.15, 0.2) is 41.3 Å². The highest BCUT2D eigenvalue weighted by Crippen LogP contribution is 2.35. The number of ether oxygens (including phenoxy) is 2. The second-order valence-corrected chi connectivity index (χ2v) is 7.36. The molecule has 2 aromatic rings. The molecule has 0 aliphatic carbocycles. The fourth-order valence-corrected chi connectivity index (χ4v) is 3.39. The maximum Gasteiger partial charge on any atom is 0.237 e. The first-order valence-corrected chi connectivity index (χ1v) is 8.92. The summed E-state index contributed by atoms with van der Waals surface area (Å²) in [5.74, 6) is 1.40. The van der Waals surface area contributed by atoms with Gasteiger partial charge in [0.2, 0.25) is 5.91 Å². The normalized spacial score (nSPS) is 14.1. The maximum atomic E-state index is 12.4. The van der Waals surface area contributed by atoms with Gasteiger partial charge in [0.1, 0.15) is 13.2 Å². The van der Waals surface area contributed by atoms with Crippen molar-refractivity contribution in [3.05, 3.63) is 47.0 Å². The molecule has 0 fully saturated rings. The lowest BCUT2D eigenvalue weighted by atomic mass is 10.2. The van der Waals surface area contributed by atoms with E-state index in [1.165, 1.54) is 11.8 Å². The molecule has 1 aliphatic heterocycles. The Hall–Kier alpha value is -1.85. The summed E-state index contributed by atoms with van der Waals surface area (Å²) in [6, 6.07) is 11.2. The van der Waals surface area contributed by atoms with Crippen molar-refractivity contribution in [3.8, 4) is 11.5 Å². The Bertz CT molecular complexity index is 766. The van der Waals surface area contributed by atoms with Crippen molar-refractivity contribution in [1.29, 1.82) is 0 Å². The number of aryl methyl sites for hydroxylation is 1. The Balaban J connectivity index is 1.67. The highest BCUT2D eigenvalue weighted by molar-refractivity contribution is 8.00. The Kier molecular flexibility index (Phi) is 5.21.